The number of rotatable bonds is 8. The minimum absolute atomic E-state index is 0.695. The lowest BCUT2D eigenvalue weighted by Gasteiger charge is -2.33. The Morgan fingerprint density at radius 2 is 1.95 bits per heavy atom. The van der Waals surface area contributed by atoms with Crippen LogP contribution in [0.2, 0.25) is 0 Å². The number of nitrogens with one attached hydrogen (secondary N) is 1. The van der Waals surface area contributed by atoms with Gasteiger partial charge in [-0.25, -0.2) is 0 Å². The summed E-state index contributed by atoms with van der Waals surface area (Å²) in [5.74, 6) is 0. The maximum Gasteiger partial charge on any atom is 0.0165 e. The van der Waals surface area contributed by atoms with Gasteiger partial charge in [0.05, 0.1) is 0 Å². The largest absolute Gasteiger partial charge is 0.311 e. The second kappa shape index (κ2) is 9.55. The zero-order valence-electron chi connectivity index (χ0n) is 13.5. The first kappa shape index (κ1) is 16.7. The van der Waals surface area contributed by atoms with Crippen molar-refractivity contribution in [2.45, 2.75) is 78.3 Å². The number of hydrogen-bond acceptors (Lipinski definition) is 2. The summed E-state index contributed by atoms with van der Waals surface area (Å²) in [5, 5.41) is 3.82. The zero-order chi connectivity index (χ0) is 14.1. The summed E-state index contributed by atoms with van der Waals surface area (Å²) in [6.45, 7) is 12.7. The Morgan fingerprint density at radius 3 is 2.53 bits per heavy atom. The van der Waals surface area contributed by atoms with Crippen LogP contribution in [0.3, 0.4) is 0 Å². The van der Waals surface area contributed by atoms with E-state index in [1.807, 2.05) is 0 Å². The van der Waals surface area contributed by atoms with Crippen molar-refractivity contribution in [3.05, 3.63) is 11.6 Å². The van der Waals surface area contributed by atoms with Gasteiger partial charge in [-0.15, -0.1) is 0 Å². The minimum atomic E-state index is 0.695. The first-order chi connectivity index (χ1) is 9.11. The Morgan fingerprint density at radius 1 is 1.26 bits per heavy atom. The molecule has 0 aromatic heterocycles. The Hall–Kier alpha value is -0.340. The second-order valence-corrected chi connectivity index (χ2v) is 6.42. The fourth-order valence-corrected chi connectivity index (χ4v) is 2.78. The van der Waals surface area contributed by atoms with Crippen LogP contribution in [0.4, 0.5) is 0 Å². The van der Waals surface area contributed by atoms with Crippen LogP contribution in [0, 0.1) is 0 Å². The monoisotopic (exact) mass is 266 g/mol. The van der Waals surface area contributed by atoms with E-state index in [0.717, 1.165) is 12.6 Å². The number of piperidine rings is 1. The molecule has 112 valence electrons. The van der Waals surface area contributed by atoms with Crippen molar-refractivity contribution in [2.24, 2.45) is 0 Å². The van der Waals surface area contributed by atoms with E-state index in [1.165, 1.54) is 57.2 Å². The van der Waals surface area contributed by atoms with Gasteiger partial charge in [0.25, 0.3) is 0 Å². The summed E-state index contributed by atoms with van der Waals surface area (Å²) in [5.41, 5.74) is 1.43. The van der Waals surface area contributed by atoms with E-state index in [9.17, 15) is 0 Å². The third kappa shape index (κ3) is 7.74. The summed E-state index contributed by atoms with van der Waals surface area (Å²) in [6, 6.07) is 1.44. The topological polar surface area (TPSA) is 15.3 Å². The molecule has 0 aliphatic carbocycles. The van der Waals surface area contributed by atoms with Gasteiger partial charge in [-0.2, -0.15) is 0 Å². The molecule has 0 saturated carbocycles. The maximum atomic E-state index is 3.82. The van der Waals surface area contributed by atoms with Crippen molar-refractivity contribution in [3.8, 4) is 0 Å². The Labute approximate surface area is 120 Å². The summed E-state index contributed by atoms with van der Waals surface area (Å²) in [7, 11) is 0. The van der Waals surface area contributed by atoms with E-state index < -0.39 is 0 Å². The quantitative estimate of drug-likeness (QED) is 0.528. The van der Waals surface area contributed by atoms with Gasteiger partial charge in [0, 0.05) is 18.6 Å². The molecular formula is C17H34N2. The van der Waals surface area contributed by atoms with Crippen LogP contribution in [0.1, 0.15) is 66.2 Å². The SMILES string of the molecule is CCCCCC(C)NC1CCN(CC=C(C)C)CC1. The number of hydrogen-bond donors (Lipinski definition) is 1. The van der Waals surface area contributed by atoms with Crippen LogP contribution in [-0.2, 0) is 0 Å². The molecule has 0 bridgehead atoms. The van der Waals surface area contributed by atoms with E-state index in [1.54, 1.807) is 0 Å². The molecule has 0 aromatic carbocycles. The molecule has 0 spiro atoms. The molecule has 2 heteroatoms. The van der Waals surface area contributed by atoms with Crippen LogP contribution < -0.4 is 5.32 Å². The average Bonchev–Trinajstić information content (AvgIpc) is 2.38. The molecule has 0 radical (unpaired) electrons. The first-order valence-electron chi connectivity index (χ1n) is 8.23. The van der Waals surface area contributed by atoms with Gasteiger partial charge in [0.15, 0.2) is 0 Å². The van der Waals surface area contributed by atoms with Crippen molar-refractivity contribution < 1.29 is 0 Å². The molecule has 1 N–H and O–H groups in total. The highest BCUT2D eigenvalue weighted by molar-refractivity contribution is 4.95. The van der Waals surface area contributed by atoms with Crippen molar-refractivity contribution in [1.82, 2.24) is 10.2 Å². The van der Waals surface area contributed by atoms with E-state index >= 15 is 0 Å². The van der Waals surface area contributed by atoms with Crippen LogP contribution in [-0.4, -0.2) is 36.6 Å². The number of unbranched alkanes of at least 4 members (excludes halogenated alkanes) is 2. The predicted octanol–water partition coefficient (Wildman–Crippen LogP) is 3.98. The third-order valence-electron chi connectivity index (χ3n) is 4.11. The molecule has 1 rings (SSSR count). The van der Waals surface area contributed by atoms with Crippen molar-refractivity contribution in [1.29, 1.82) is 0 Å². The molecular weight excluding hydrogens is 232 g/mol. The zero-order valence-corrected chi connectivity index (χ0v) is 13.5. The molecule has 1 aliphatic rings. The van der Waals surface area contributed by atoms with Gasteiger partial charge in [0.1, 0.15) is 0 Å². The molecule has 1 saturated heterocycles. The molecule has 1 fully saturated rings. The molecule has 1 atom stereocenters. The summed E-state index contributed by atoms with van der Waals surface area (Å²) < 4.78 is 0. The summed E-state index contributed by atoms with van der Waals surface area (Å²) in [6.07, 6.45) is 10.4. The molecule has 0 aromatic rings. The smallest absolute Gasteiger partial charge is 0.0165 e. The number of likely N-dealkylation sites (tertiary alicyclic amines) is 1. The number of allylic oxidation sites excluding steroid dienone is 1. The highest BCUT2D eigenvalue weighted by Crippen LogP contribution is 2.13. The molecule has 1 heterocycles. The average molecular weight is 266 g/mol. The first-order valence-corrected chi connectivity index (χ1v) is 8.23. The van der Waals surface area contributed by atoms with Gasteiger partial charge in [-0.3, -0.25) is 4.90 Å². The third-order valence-corrected chi connectivity index (χ3v) is 4.11. The Balaban J connectivity index is 2.13. The van der Waals surface area contributed by atoms with Gasteiger partial charge >= 0.3 is 0 Å². The van der Waals surface area contributed by atoms with Crippen molar-refractivity contribution in [3.63, 3.8) is 0 Å². The fraction of sp³-hybridized carbons (Fsp3) is 0.882. The van der Waals surface area contributed by atoms with E-state index in [0.29, 0.717) is 6.04 Å². The van der Waals surface area contributed by atoms with Gasteiger partial charge in [0.2, 0.25) is 0 Å². The normalized spacial score (nSPS) is 19.4. The van der Waals surface area contributed by atoms with E-state index in [2.05, 4.69) is 44.0 Å². The van der Waals surface area contributed by atoms with Crippen LogP contribution in [0.25, 0.3) is 0 Å². The van der Waals surface area contributed by atoms with Crippen LogP contribution >= 0.6 is 0 Å². The summed E-state index contributed by atoms with van der Waals surface area (Å²) >= 11 is 0. The van der Waals surface area contributed by atoms with Crippen LogP contribution in [0.15, 0.2) is 11.6 Å². The maximum absolute atomic E-state index is 3.82. The van der Waals surface area contributed by atoms with Gasteiger partial charge < -0.3 is 5.32 Å². The lowest BCUT2D eigenvalue weighted by molar-refractivity contribution is 0.206. The van der Waals surface area contributed by atoms with Crippen molar-refractivity contribution in [2.75, 3.05) is 19.6 Å². The Kier molecular flexibility index (Phi) is 8.40. The molecule has 1 aliphatic heterocycles. The van der Waals surface area contributed by atoms with Crippen LogP contribution in [0.5, 0.6) is 0 Å². The van der Waals surface area contributed by atoms with E-state index in [-0.39, 0.29) is 0 Å². The predicted molar refractivity (Wildman–Crippen MR) is 85.6 cm³/mol. The lowest BCUT2D eigenvalue weighted by atomic mass is 10.0. The highest BCUT2D eigenvalue weighted by atomic mass is 15.1. The fourth-order valence-electron chi connectivity index (χ4n) is 2.78. The van der Waals surface area contributed by atoms with Crippen molar-refractivity contribution >= 4 is 0 Å². The van der Waals surface area contributed by atoms with Gasteiger partial charge in [-0.1, -0.05) is 37.8 Å². The molecule has 2 nitrogen and oxygen atoms in total. The number of nitrogens with zero attached hydrogens (tertiary/aromatic N) is 1. The summed E-state index contributed by atoms with van der Waals surface area (Å²) in [4.78, 5) is 2.58. The molecule has 1 unspecified atom stereocenters. The second-order valence-electron chi connectivity index (χ2n) is 6.42. The standard InChI is InChI=1S/C17H34N2/c1-5-6-7-8-16(4)18-17-10-13-19(14-11-17)12-9-15(2)3/h9,16-18H,5-8,10-14H2,1-4H3. The lowest BCUT2D eigenvalue weighted by Crippen LogP contribution is -2.45. The van der Waals surface area contributed by atoms with E-state index in [4.69, 9.17) is 0 Å². The molecule has 0 amide bonds. The highest BCUT2D eigenvalue weighted by Gasteiger charge is 2.19. The Bertz CT molecular complexity index is 248. The molecule has 19 heavy (non-hydrogen) atoms. The minimum Gasteiger partial charge on any atom is -0.311 e. The van der Waals surface area contributed by atoms with Gasteiger partial charge in [-0.05, 0) is 53.1 Å².